The highest BCUT2D eigenvalue weighted by Gasteiger charge is 2.36. The number of hydrogen-bond acceptors (Lipinski definition) is 5. The van der Waals surface area contributed by atoms with Crippen molar-refractivity contribution < 1.29 is 29.0 Å². The molecule has 0 saturated carbocycles. The number of amides is 2. The van der Waals surface area contributed by atoms with Gasteiger partial charge in [0.25, 0.3) is 0 Å². The summed E-state index contributed by atoms with van der Waals surface area (Å²) >= 11 is 0. The molecule has 0 aliphatic heterocycles. The minimum Gasteiger partial charge on any atom is -0.480 e. The lowest BCUT2D eigenvalue weighted by atomic mass is 9.86. The van der Waals surface area contributed by atoms with Gasteiger partial charge in [-0.3, -0.25) is 4.79 Å². The number of fused-ring (bicyclic) bond motifs is 3. The molecule has 8 nitrogen and oxygen atoms in total. The molecule has 0 spiro atoms. The SMILES string of the molecule is COCCCC(NC(=O)[C@@H](NC(=O)OCC1c2ccccc2-c2ccccc21)C(C)(C)C)C(=O)O. The first-order chi connectivity index (χ1) is 16.6. The fourth-order valence-electron chi connectivity index (χ4n) is 4.38. The second-order valence-electron chi connectivity index (χ2n) is 9.80. The fraction of sp³-hybridized carbons (Fsp3) is 0.444. The molecular weight excluding hydrogens is 448 g/mol. The lowest BCUT2D eigenvalue weighted by Crippen LogP contribution is -2.56. The fourth-order valence-corrected chi connectivity index (χ4v) is 4.38. The molecule has 1 aliphatic carbocycles. The maximum absolute atomic E-state index is 13.0. The molecule has 2 amide bonds. The largest absolute Gasteiger partial charge is 0.480 e. The van der Waals surface area contributed by atoms with Gasteiger partial charge >= 0.3 is 12.1 Å². The number of aliphatic carboxylic acids is 1. The van der Waals surface area contributed by atoms with Crippen LogP contribution >= 0.6 is 0 Å². The van der Waals surface area contributed by atoms with Crippen LogP contribution < -0.4 is 10.6 Å². The first-order valence-electron chi connectivity index (χ1n) is 11.8. The maximum atomic E-state index is 13.0. The molecular formula is C27H34N2O6. The van der Waals surface area contributed by atoms with Gasteiger partial charge in [0.2, 0.25) is 5.91 Å². The summed E-state index contributed by atoms with van der Waals surface area (Å²) in [5, 5.41) is 14.7. The monoisotopic (exact) mass is 482 g/mol. The van der Waals surface area contributed by atoms with E-state index in [1.807, 2.05) is 36.4 Å². The molecule has 188 valence electrons. The number of hydrogen-bond donors (Lipinski definition) is 3. The van der Waals surface area contributed by atoms with Crippen LogP contribution in [0.2, 0.25) is 0 Å². The van der Waals surface area contributed by atoms with Gasteiger partial charge in [0.05, 0.1) is 0 Å². The Bertz CT molecular complexity index is 1020. The molecule has 1 aliphatic rings. The Labute approximate surface area is 206 Å². The first-order valence-corrected chi connectivity index (χ1v) is 11.8. The minimum absolute atomic E-state index is 0.104. The van der Waals surface area contributed by atoms with Crippen molar-refractivity contribution in [2.75, 3.05) is 20.3 Å². The van der Waals surface area contributed by atoms with Gasteiger partial charge in [0.1, 0.15) is 18.7 Å². The zero-order valence-corrected chi connectivity index (χ0v) is 20.7. The van der Waals surface area contributed by atoms with Crippen LogP contribution in [0.3, 0.4) is 0 Å². The standard InChI is InChI=1S/C27H34N2O6/c1-27(2,3)23(24(30)28-22(25(31)32)14-9-15-34-4)29-26(33)35-16-21-19-12-7-5-10-17(19)18-11-6-8-13-20(18)21/h5-8,10-13,21-23H,9,14-16H2,1-4H3,(H,28,30)(H,29,33)(H,31,32)/t22?,23-/m1/s1. The van der Waals surface area contributed by atoms with Gasteiger partial charge in [-0.2, -0.15) is 0 Å². The van der Waals surface area contributed by atoms with E-state index in [1.54, 1.807) is 20.8 Å². The summed E-state index contributed by atoms with van der Waals surface area (Å²) in [7, 11) is 1.53. The van der Waals surface area contributed by atoms with Gasteiger partial charge in [-0.15, -0.1) is 0 Å². The number of rotatable bonds is 10. The molecule has 0 radical (unpaired) electrons. The normalized spacial score (nSPS) is 14.4. The molecule has 0 fully saturated rings. The van der Waals surface area contributed by atoms with Crippen molar-refractivity contribution in [3.8, 4) is 11.1 Å². The van der Waals surface area contributed by atoms with E-state index in [0.29, 0.717) is 13.0 Å². The Morgan fingerprint density at radius 2 is 1.54 bits per heavy atom. The van der Waals surface area contributed by atoms with Crippen LogP contribution in [0.4, 0.5) is 4.79 Å². The van der Waals surface area contributed by atoms with Gasteiger partial charge in [-0.05, 0) is 40.5 Å². The van der Waals surface area contributed by atoms with Crippen molar-refractivity contribution in [1.82, 2.24) is 10.6 Å². The molecule has 3 N–H and O–H groups in total. The van der Waals surface area contributed by atoms with Crippen molar-refractivity contribution in [2.24, 2.45) is 5.41 Å². The lowest BCUT2D eigenvalue weighted by Gasteiger charge is -2.31. The van der Waals surface area contributed by atoms with E-state index in [4.69, 9.17) is 9.47 Å². The van der Waals surface area contributed by atoms with E-state index in [-0.39, 0.29) is 18.9 Å². The Balaban J connectivity index is 1.66. The Morgan fingerprint density at radius 1 is 0.971 bits per heavy atom. The highest BCUT2D eigenvalue weighted by atomic mass is 16.5. The number of nitrogens with one attached hydrogen (secondary N) is 2. The molecule has 8 heteroatoms. The van der Waals surface area contributed by atoms with Crippen LogP contribution in [0, 0.1) is 5.41 Å². The minimum atomic E-state index is -1.14. The van der Waals surface area contributed by atoms with Gasteiger partial charge in [-0.25, -0.2) is 9.59 Å². The molecule has 0 heterocycles. The third kappa shape index (κ3) is 6.39. The van der Waals surface area contributed by atoms with Crippen LogP contribution in [-0.2, 0) is 19.1 Å². The summed E-state index contributed by atoms with van der Waals surface area (Å²) < 4.78 is 10.5. The summed E-state index contributed by atoms with van der Waals surface area (Å²) in [6, 6.07) is 14.0. The van der Waals surface area contributed by atoms with E-state index in [1.165, 1.54) is 7.11 Å². The topological polar surface area (TPSA) is 114 Å². The number of carbonyl (C=O) groups is 3. The quantitative estimate of drug-likeness (QED) is 0.442. The number of carboxylic acid groups (broad SMARTS) is 1. The van der Waals surface area contributed by atoms with Gasteiger partial charge in [-0.1, -0.05) is 69.3 Å². The van der Waals surface area contributed by atoms with Crippen molar-refractivity contribution >= 4 is 18.0 Å². The van der Waals surface area contributed by atoms with Gasteiger partial charge in [0.15, 0.2) is 0 Å². The number of alkyl carbamates (subject to hydrolysis) is 1. The van der Waals surface area contributed by atoms with Crippen LogP contribution in [0.1, 0.15) is 50.7 Å². The number of benzene rings is 2. The third-order valence-electron chi connectivity index (χ3n) is 6.19. The zero-order chi connectivity index (χ0) is 25.6. The van der Waals surface area contributed by atoms with Crippen LogP contribution in [0.15, 0.2) is 48.5 Å². The predicted molar refractivity (Wildman–Crippen MR) is 132 cm³/mol. The molecule has 0 aromatic heterocycles. The first kappa shape index (κ1) is 26.2. The molecule has 0 saturated heterocycles. The summed E-state index contributed by atoms with van der Waals surface area (Å²) in [6.45, 7) is 5.89. The maximum Gasteiger partial charge on any atom is 0.407 e. The Morgan fingerprint density at radius 3 is 2.06 bits per heavy atom. The number of carbonyl (C=O) groups excluding carboxylic acids is 2. The molecule has 2 aromatic rings. The summed E-state index contributed by atoms with van der Waals surface area (Å²) in [5.74, 6) is -1.81. The van der Waals surface area contributed by atoms with Crippen LogP contribution in [0.25, 0.3) is 11.1 Å². The smallest absolute Gasteiger partial charge is 0.407 e. The van der Waals surface area contributed by atoms with E-state index in [2.05, 4.69) is 22.8 Å². The second-order valence-corrected chi connectivity index (χ2v) is 9.80. The van der Waals surface area contributed by atoms with Crippen LogP contribution in [-0.4, -0.2) is 55.5 Å². The molecule has 2 aromatic carbocycles. The number of methoxy groups -OCH3 is 1. The van der Waals surface area contributed by atoms with Gasteiger partial charge in [0, 0.05) is 19.6 Å². The highest BCUT2D eigenvalue weighted by Crippen LogP contribution is 2.44. The third-order valence-corrected chi connectivity index (χ3v) is 6.19. The van der Waals surface area contributed by atoms with Crippen molar-refractivity contribution in [3.63, 3.8) is 0 Å². The molecule has 3 rings (SSSR count). The van der Waals surface area contributed by atoms with E-state index in [0.717, 1.165) is 22.3 Å². The van der Waals surface area contributed by atoms with E-state index >= 15 is 0 Å². The molecule has 35 heavy (non-hydrogen) atoms. The predicted octanol–water partition coefficient (Wildman–Crippen LogP) is 3.94. The summed E-state index contributed by atoms with van der Waals surface area (Å²) in [6.07, 6.45) is -0.0297. The summed E-state index contributed by atoms with van der Waals surface area (Å²) in [4.78, 5) is 37.4. The average molecular weight is 483 g/mol. The molecule has 1 unspecified atom stereocenters. The Kier molecular flexibility index (Phi) is 8.51. The zero-order valence-electron chi connectivity index (χ0n) is 20.7. The lowest BCUT2D eigenvalue weighted by molar-refractivity contribution is -0.142. The second kappa shape index (κ2) is 11.4. The molecule has 2 atom stereocenters. The van der Waals surface area contributed by atoms with Crippen molar-refractivity contribution in [2.45, 2.75) is 51.6 Å². The average Bonchev–Trinajstić information content (AvgIpc) is 3.13. The van der Waals surface area contributed by atoms with Crippen molar-refractivity contribution in [1.29, 1.82) is 0 Å². The number of ether oxygens (including phenoxy) is 2. The van der Waals surface area contributed by atoms with Gasteiger partial charge < -0.3 is 25.2 Å². The Hall–Kier alpha value is -3.39. The van der Waals surface area contributed by atoms with Crippen molar-refractivity contribution in [3.05, 3.63) is 59.7 Å². The number of carboxylic acids is 1. The van der Waals surface area contributed by atoms with E-state index in [9.17, 15) is 19.5 Å². The van der Waals surface area contributed by atoms with E-state index < -0.39 is 35.5 Å². The van der Waals surface area contributed by atoms with Crippen LogP contribution in [0.5, 0.6) is 0 Å². The highest BCUT2D eigenvalue weighted by molar-refractivity contribution is 5.90. The molecule has 0 bridgehead atoms. The summed E-state index contributed by atoms with van der Waals surface area (Å²) in [5.41, 5.74) is 3.75.